The van der Waals surface area contributed by atoms with Gasteiger partial charge in [-0.2, -0.15) is 0 Å². The fourth-order valence-corrected chi connectivity index (χ4v) is 1.47. The van der Waals surface area contributed by atoms with Crippen molar-refractivity contribution in [1.82, 2.24) is 4.98 Å². The molecule has 0 unspecified atom stereocenters. The Kier molecular flexibility index (Phi) is 2.04. The molecule has 0 bridgehead atoms. The number of aromatic nitrogens is 1. The molecule has 3 nitrogen and oxygen atoms in total. The van der Waals surface area contributed by atoms with Crippen molar-refractivity contribution in [3.63, 3.8) is 0 Å². The van der Waals surface area contributed by atoms with E-state index in [-0.39, 0.29) is 0 Å². The number of hydrogen-bond donors (Lipinski definition) is 2. The van der Waals surface area contributed by atoms with Gasteiger partial charge in [-0.05, 0) is 6.07 Å². The van der Waals surface area contributed by atoms with Crippen LogP contribution in [0, 0.1) is 0 Å². The molecule has 0 aliphatic carbocycles. The summed E-state index contributed by atoms with van der Waals surface area (Å²) in [7, 11) is 0. The number of nitrogen functional groups attached to an aromatic ring is 1. The molecule has 0 spiro atoms. The minimum atomic E-state index is 0.573. The summed E-state index contributed by atoms with van der Waals surface area (Å²) in [6.07, 6.45) is 0. The van der Waals surface area contributed by atoms with Crippen LogP contribution in [0.15, 0.2) is 30.3 Å². The second kappa shape index (κ2) is 3.20. The molecule has 1 aromatic heterocycles. The molecule has 4 heteroatoms. The summed E-state index contributed by atoms with van der Waals surface area (Å²) < 4.78 is 0. The largest absolute Gasteiger partial charge is 0.308 e. The van der Waals surface area contributed by atoms with Crippen molar-refractivity contribution in [3.05, 3.63) is 35.4 Å². The number of rotatable bonds is 1. The maximum Gasteiger partial charge on any atom is 0.142 e. The molecule has 2 rings (SSSR count). The first kappa shape index (κ1) is 8.29. The molecule has 0 radical (unpaired) electrons. The third kappa shape index (κ3) is 1.43. The number of nitrogens with two attached hydrogens (primary N) is 1. The van der Waals surface area contributed by atoms with Gasteiger partial charge in [0.15, 0.2) is 0 Å². The van der Waals surface area contributed by atoms with Crippen LogP contribution in [0.1, 0.15) is 0 Å². The van der Waals surface area contributed by atoms with Crippen LogP contribution in [0.3, 0.4) is 0 Å². The fourth-order valence-electron chi connectivity index (χ4n) is 1.21. The Bertz CT molecular complexity index is 442. The Hall–Kier alpha value is -1.32. The lowest BCUT2D eigenvalue weighted by molar-refractivity contribution is 1.26. The van der Waals surface area contributed by atoms with Gasteiger partial charge in [0.05, 0.1) is 10.5 Å². The molecule has 0 fully saturated rings. The molecule has 0 saturated heterocycles. The maximum absolute atomic E-state index is 6.01. The average molecular weight is 194 g/mol. The van der Waals surface area contributed by atoms with Gasteiger partial charge in [0, 0.05) is 11.5 Å². The van der Waals surface area contributed by atoms with E-state index in [2.05, 4.69) is 10.4 Å². The molecule has 1 aromatic carbocycles. The van der Waals surface area contributed by atoms with Crippen LogP contribution < -0.4 is 11.3 Å². The number of halogens is 1. The Balaban J connectivity index is 2.77. The molecular formula is C9H8ClN3. The molecule has 0 aliphatic heterocycles. The molecule has 2 aromatic rings. The smallest absolute Gasteiger partial charge is 0.142 e. The third-order valence-electron chi connectivity index (χ3n) is 1.81. The number of fused-ring (bicyclic) bond motifs is 1. The standard InChI is InChI=1S/C9H8ClN3/c10-7-5-9(13-11)12-8-4-2-1-3-6(7)8/h1-5H,11H2,(H,12,13). The number of anilines is 1. The number of nitrogens with zero attached hydrogens (tertiary/aromatic N) is 1. The van der Waals surface area contributed by atoms with Crippen LogP contribution in [-0.2, 0) is 0 Å². The number of hydrogen-bond acceptors (Lipinski definition) is 3. The van der Waals surface area contributed by atoms with Crippen molar-refractivity contribution in [1.29, 1.82) is 0 Å². The summed E-state index contributed by atoms with van der Waals surface area (Å²) in [6.45, 7) is 0. The van der Waals surface area contributed by atoms with Gasteiger partial charge in [-0.25, -0.2) is 10.8 Å². The van der Waals surface area contributed by atoms with E-state index in [1.807, 2.05) is 24.3 Å². The van der Waals surface area contributed by atoms with Crippen molar-refractivity contribution in [2.24, 2.45) is 5.84 Å². The van der Waals surface area contributed by atoms with Gasteiger partial charge in [0.25, 0.3) is 0 Å². The molecule has 0 amide bonds. The van der Waals surface area contributed by atoms with Crippen LogP contribution in [0.4, 0.5) is 5.82 Å². The third-order valence-corrected chi connectivity index (χ3v) is 2.13. The highest BCUT2D eigenvalue weighted by Gasteiger charge is 2.01. The molecule has 0 atom stereocenters. The van der Waals surface area contributed by atoms with Gasteiger partial charge >= 0.3 is 0 Å². The SMILES string of the molecule is NNc1cc(Cl)c2ccccc2n1. The van der Waals surface area contributed by atoms with Crippen molar-refractivity contribution < 1.29 is 0 Å². The van der Waals surface area contributed by atoms with E-state index < -0.39 is 0 Å². The Morgan fingerprint density at radius 1 is 1.31 bits per heavy atom. The van der Waals surface area contributed by atoms with Crippen molar-refractivity contribution >= 4 is 28.3 Å². The lowest BCUT2D eigenvalue weighted by Gasteiger charge is -2.03. The first-order chi connectivity index (χ1) is 6.31. The lowest BCUT2D eigenvalue weighted by atomic mass is 10.2. The predicted octanol–water partition coefficient (Wildman–Crippen LogP) is 2.17. The summed E-state index contributed by atoms with van der Waals surface area (Å²) in [5, 5.41) is 1.58. The second-order valence-corrected chi connectivity index (χ2v) is 3.06. The van der Waals surface area contributed by atoms with E-state index in [1.54, 1.807) is 6.07 Å². The van der Waals surface area contributed by atoms with E-state index in [0.29, 0.717) is 10.8 Å². The van der Waals surface area contributed by atoms with Crippen LogP contribution in [0.25, 0.3) is 10.9 Å². The molecule has 1 heterocycles. The molecule has 13 heavy (non-hydrogen) atoms. The second-order valence-electron chi connectivity index (χ2n) is 2.65. The van der Waals surface area contributed by atoms with Gasteiger partial charge in [-0.1, -0.05) is 29.8 Å². The van der Waals surface area contributed by atoms with Crippen LogP contribution in [-0.4, -0.2) is 4.98 Å². The summed E-state index contributed by atoms with van der Waals surface area (Å²) in [4.78, 5) is 4.23. The highest BCUT2D eigenvalue weighted by Crippen LogP contribution is 2.24. The molecule has 3 N–H and O–H groups in total. The predicted molar refractivity (Wildman–Crippen MR) is 54.6 cm³/mol. The highest BCUT2D eigenvalue weighted by molar-refractivity contribution is 6.35. The quantitative estimate of drug-likeness (QED) is 0.539. The molecule has 0 saturated carbocycles. The fraction of sp³-hybridized carbons (Fsp3) is 0. The Morgan fingerprint density at radius 2 is 2.08 bits per heavy atom. The van der Waals surface area contributed by atoms with Crippen molar-refractivity contribution in [3.8, 4) is 0 Å². The number of hydrazine groups is 1. The van der Waals surface area contributed by atoms with Crippen LogP contribution in [0.2, 0.25) is 5.02 Å². The first-order valence-corrected chi connectivity index (χ1v) is 4.21. The summed E-state index contributed by atoms with van der Waals surface area (Å²) in [6, 6.07) is 9.34. The topological polar surface area (TPSA) is 50.9 Å². The zero-order valence-electron chi connectivity index (χ0n) is 6.79. The van der Waals surface area contributed by atoms with Crippen molar-refractivity contribution in [2.75, 3.05) is 5.43 Å². The van der Waals surface area contributed by atoms with E-state index in [4.69, 9.17) is 17.4 Å². The monoisotopic (exact) mass is 193 g/mol. The average Bonchev–Trinajstić information content (AvgIpc) is 2.18. The molecule has 66 valence electrons. The Labute approximate surface area is 80.5 Å². The zero-order chi connectivity index (χ0) is 9.26. The molecular weight excluding hydrogens is 186 g/mol. The summed E-state index contributed by atoms with van der Waals surface area (Å²) >= 11 is 6.01. The number of benzene rings is 1. The van der Waals surface area contributed by atoms with Crippen LogP contribution in [0.5, 0.6) is 0 Å². The van der Waals surface area contributed by atoms with Gasteiger partial charge in [-0.3, -0.25) is 0 Å². The number of para-hydroxylation sites is 1. The summed E-state index contributed by atoms with van der Waals surface area (Å²) in [5.41, 5.74) is 3.30. The first-order valence-electron chi connectivity index (χ1n) is 3.83. The van der Waals surface area contributed by atoms with Crippen molar-refractivity contribution in [2.45, 2.75) is 0 Å². The minimum Gasteiger partial charge on any atom is -0.308 e. The lowest BCUT2D eigenvalue weighted by Crippen LogP contribution is -2.08. The van der Waals surface area contributed by atoms with Gasteiger partial charge in [0.1, 0.15) is 5.82 Å². The normalized spacial score (nSPS) is 10.3. The summed E-state index contributed by atoms with van der Waals surface area (Å²) in [5.74, 6) is 5.81. The zero-order valence-corrected chi connectivity index (χ0v) is 7.55. The van der Waals surface area contributed by atoms with Gasteiger partial charge in [0.2, 0.25) is 0 Å². The molecule has 0 aliphatic rings. The van der Waals surface area contributed by atoms with E-state index in [1.165, 1.54) is 0 Å². The number of nitrogens with one attached hydrogen (secondary N) is 1. The van der Waals surface area contributed by atoms with Crippen LogP contribution >= 0.6 is 11.6 Å². The highest BCUT2D eigenvalue weighted by atomic mass is 35.5. The maximum atomic E-state index is 6.01. The minimum absolute atomic E-state index is 0.573. The van der Waals surface area contributed by atoms with Gasteiger partial charge < -0.3 is 5.43 Å². The van der Waals surface area contributed by atoms with E-state index in [9.17, 15) is 0 Å². The number of pyridine rings is 1. The van der Waals surface area contributed by atoms with Gasteiger partial charge in [-0.15, -0.1) is 0 Å². The Morgan fingerprint density at radius 3 is 2.85 bits per heavy atom. The van der Waals surface area contributed by atoms with E-state index in [0.717, 1.165) is 10.9 Å². The van der Waals surface area contributed by atoms with E-state index >= 15 is 0 Å².